The number of ether oxygens (including phenoxy) is 1. The van der Waals surface area contributed by atoms with E-state index in [1.54, 1.807) is 0 Å². The number of hydrogen-bond donors (Lipinski definition) is 4. The molecule has 1 saturated heterocycles. The molecule has 1 unspecified atom stereocenters. The van der Waals surface area contributed by atoms with Crippen LogP contribution in [0.25, 0.3) is 0 Å². The summed E-state index contributed by atoms with van der Waals surface area (Å²) in [7, 11) is 0. The summed E-state index contributed by atoms with van der Waals surface area (Å²) >= 11 is 0. The first kappa shape index (κ1) is 15.3. The molecule has 0 amide bonds. The molecule has 0 spiro atoms. The van der Waals surface area contributed by atoms with Gasteiger partial charge in [-0.1, -0.05) is 11.8 Å². The number of nitrogens with zero attached hydrogens (tertiary/aromatic N) is 2. The molecule has 0 radical (unpaired) electrons. The van der Waals surface area contributed by atoms with Gasteiger partial charge in [0.1, 0.15) is 25.2 Å². The second kappa shape index (κ2) is 5.74. The Morgan fingerprint density at radius 2 is 2.29 bits per heavy atom. The third-order valence-electron chi connectivity index (χ3n) is 3.02. The fraction of sp³-hybridized carbons (Fsp3) is 0.545. The zero-order chi connectivity index (χ0) is 15.6. The first-order valence-corrected chi connectivity index (χ1v) is 5.84. The first-order valence-electron chi connectivity index (χ1n) is 5.84. The van der Waals surface area contributed by atoms with E-state index in [2.05, 4.69) is 10.9 Å². The summed E-state index contributed by atoms with van der Waals surface area (Å²) in [6.07, 6.45) is -3.71. The molecule has 9 nitrogen and oxygen atoms in total. The van der Waals surface area contributed by atoms with Crippen LogP contribution >= 0.6 is 0 Å². The molecule has 2 rings (SSSR count). The van der Waals surface area contributed by atoms with Crippen molar-refractivity contribution in [2.75, 3.05) is 13.3 Å². The largest absolute Gasteiger partial charge is 0.394 e. The predicted molar refractivity (Wildman–Crippen MR) is 64.8 cm³/mol. The zero-order valence-corrected chi connectivity index (χ0v) is 10.6. The molecule has 1 aliphatic heterocycles. The first-order chi connectivity index (χ1) is 9.93. The molecule has 1 fully saturated rings. The lowest BCUT2D eigenvalue weighted by molar-refractivity contribution is -0.0771. The molecular formula is C11H12FN3O6. The van der Waals surface area contributed by atoms with Crippen molar-refractivity contribution < 1.29 is 24.4 Å². The number of aliphatic hydroxyl groups excluding tert-OH is 2. The summed E-state index contributed by atoms with van der Waals surface area (Å²) in [6.45, 7) is -1.76. The van der Waals surface area contributed by atoms with Crippen LogP contribution in [0.5, 0.6) is 0 Å². The fourth-order valence-corrected chi connectivity index (χ4v) is 2.03. The molecule has 4 N–H and O–H groups in total. The van der Waals surface area contributed by atoms with Gasteiger partial charge in [-0.3, -0.25) is 9.55 Å². The maximum Gasteiger partial charge on any atom is 0.350 e. The lowest BCUT2D eigenvalue weighted by Crippen LogP contribution is -2.48. The van der Waals surface area contributed by atoms with Crippen molar-refractivity contribution in [3.05, 3.63) is 27.3 Å². The Bertz CT molecular complexity index is 691. The van der Waals surface area contributed by atoms with Crippen molar-refractivity contribution in [1.82, 2.24) is 14.5 Å². The van der Waals surface area contributed by atoms with E-state index in [4.69, 9.17) is 9.84 Å². The van der Waals surface area contributed by atoms with E-state index in [-0.39, 0.29) is 0 Å². The molecular weight excluding hydrogens is 289 g/mol. The van der Waals surface area contributed by atoms with Gasteiger partial charge in [0.2, 0.25) is 0 Å². The van der Waals surface area contributed by atoms with Crippen molar-refractivity contribution in [3.63, 3.8) is 0 Å². The van der Waals surface area contributed by atoms with Crippen LogP contribution in [0.15, 0.2) is 15.9 Å². The van der Waals surface area contributed by atoms with Gasteiger partial charge in [0.25, 0.3) is 0 Å². The summed E-state index contributed by atoms with van der Waals surface area (Å²) in [4.78, 5) is 27.8. The molecule has 1 aliphatic rings. The van der Waals surface area contributed by atoms with Crippen molar-refractivity contribution in [1.29, 1.82) is 0 Å². The van der Waals surface area contributed by atoms with Crippen LogP contribution in [0.4, 0.5) is 4.39 Å². The number of halogens is 1. The van der Waals surface area contributed by atoms with Crippen LogP contribution in [-0.2, 0) is 4.74 Å². The SMILES string of the molecule is O=c1ncn([C@@H]2O[C@H](CO)[C@H](O)C2(O)C#CCF)c(=O)[nH]1. The number of aromatic nitrogens is 3. The number of aromatic amines is 1. The highest BCUT2D eigenvalue weighted by atomic mass is 19.1. The average molecular weight is 301 g/mol. The number of hydrogen-bond acceptors (Lipinski definition) is 7. The maximum atomic E-state index is 12.2. The topological polar surface area (TPSA) is 138 Å². The molecule has 0 aromatic carbocycles. The van der Waals surface area contributed by atoms with Crippen LogP contribution < -0.4 is 11.4 Å². The zero-order valence-electron chi connectivity index (χ0n) is 10.6. The van der Waals surface area contributed by atoms with Gasteiger partial charge >= 0.3 is 11.4 Å². The standard InChI is InChI=1S/C11H12FN3O6/c12-3-1-2-11(20)7(17)6(4-16)21-8(11)15-5-13-9(18)14-10(15)19/h5-8,16-17,20H,3-4H2,(H,14,18,19)/t6-,7+,8-,11?/m1/s1. The molecule has 114 valence electrons. The number of alkyl halides is 1. The van der Waals surface area contributed by atoms with Crippen LogP contribution in [-0.4, -0.2) is 60.9 Å². The summed E-state index contributed by atoms with van der Waals surface area (Å²) in [5.41, 5.74) is -4.22. The minimum atomic E-state index is -2.34. The Labute approximate surface area is 116 Å². The number of nitrogens with one attached hydrogen (secondary N) is 1. The molecule has 2 heterocycles. The second-order valence-electron chi connectivity index (χ2n) is 4.30. The van der Waals surface area contributed by atoms with Gasteiger partial charge in [0.15, 0.2) is 11.8 Å². The van der Waals surface area contributed by atoms with E-state index < -0.39 is 48.7 Å². The lowest BCUT2D eigenvalue weighted by atomic mass is 9.94. The normalized spacial score (nSPS) is 31.7. The van der Waals surface area contributed by atoms with E-state index >= 15 is 0 Å². The number of H-pyrrole nitrogens is 1. The van der Waals surface area contributed by atoms with Crippen molar-refractivity contribution >= 4 is 0 Å². The molecule has 4 atom stereocenters. The number of aliphatic hydroxyl groups is 3. The number of rotatable bonds is 2. The van der Waals surface area contributed by atoms with Crippen molar-refractivity contribution in [2.24, 2.45) is 0 Å². The van der Waals surface area contributed by atoms with Gasteiger partial charge < -0.3 is 20.1 Å². The molecule has 0 aliphatic carbocycles. The van der Waals surface area contributed by atoms with Gasteiger partial charge in [-0.05, 0) is 0 Å². The van der Waals surface area contributed by atoms with Crippen LogP contribution in [0.2, 0.25) is 0 Å². The van der Waals surface area contributed by atoms with Crippen molar-refractivity contribution in [2.45, 2.75) is 24.0 Å². The van der Waals surface area contributed by atoms with Crippen LogP contribution in [0.1, 0.15) is 6.23 Å². The predicted octanol–water partition coefficient (Wildman–Crippen LogP) is -3.11. The Morgan fingerprint density at radius 3 is 2.86 bits per heavy atom. The Hall–Kier alpha value is -2.06. The van der Waals surface area contributed by atoms with Gasteiger partial charge in [0.05, 0.1) is 6.61 Å². The summed E-state index contributed by atoms with van der Waals surface area (Å²) in [6, 6.07) is 0. The van der Waals surface area contributed by atoms with E-state index in [9.17, 15) is 24.2 Å². The van der Waals surface area contributed by atoms with E-state index in [0.29, 0.717) is 4.57 Å². The van der Waals surface area contributed by atoms with Gasteiger partial charge in [-0.2, -0.15) is 4.98 Å². The highest BCUT2D eigenvalue weighted by Crippen LogP contribution is 2.37. The third kappa shape index (κ3) is 2.59. The molecule has 1 aromatic heterocycles. The van der Waals surface area contributed by atoms with E-state index in [1.807, 2.05) is 10.9 Å². The molecule has 21 heavy (non-hydrogen) atoms. The smallest absolute Gasteiger partial charge is 0.350 e. The Morgan fingerprint density at radius 1 is 1.57 bits per heavy atom. The summed E-state index contributed by atoms with van der Waals surface area (Å²) in [5, 5.41) is 29.4. The minimum absolute atomic E-state index is 0.664. The maximum absolute atomic E-state index is 12.2. The van der Waals surface area contributed by atoms with Gasteiger partial charge in [0, 0.05) is 0 Å². The molecule has 10 heteroatoms. The lowest BCUT2D eigenvalue weighted by Gasteiger charge is -2.26. The van der Waals surface area contributed by atoms with Crippen LogP contribution in [0.3, 0.4) is 0 Å². The monoisotopic (exact) mass is 301 g/mol. The quantitative estimate of drug-likeness (QED) is 0.424. The Kier molecular flexibility index (Phi) is 4.19. The van der Waals surface area contributed by atoms with E-state index in [1.165, 1.54) is 0 Å². The molecule has 1 aromatic rings. The fourth-order valence-electron chi connectivity index (χ4n) is 2.03. The van der Waals surface area contributed by atoms with Crippen molar-refractivity contribution in [3.8, 4) is 11.8 Å². The van der Waals surface area contributed by atoms with E-state index in [0.717, 1.165) is 6.33 Å². The summed E-state index contributed by atoms with van der Waals surface area (Å²) < 4.78 is 18.1. The highest BCUT2D eigenvalue weighted by molar-refractivity contribution is 5.22. The van der Waals surface area contributed by atoms with Crippen LogP contribution in [0, 0.1) is 11.8 Å². The second-order valence-corrected chi connectivity index (χ2v) is 4.30. The minimum Gasteiger partial charge on any atom is -0.394 e. The third-order valence-corrected chi connectivity index (χ3v) is 3.02. The average Bonchev–Trinajstić information content (AvgIpc) is 2.70. The molecule has 0 bridgehead atoms. The molecule has 0 saturated carbocycles. The van der Waals surface area contributed by atoms with Gasteiger partial charge in [-0.15, -0.1) is 0 Å². The highest BCUT2D eigenvalue weighted by Gasteiger charge is 2.55. The van der Waals surface area contributed by atoms with Gasteiger partial charge in [-0.25, -0.2) is 14.0 Å². The summed E-state index contributed by atoms with van der Waals surface area (Å²) in [5.74, 6) is 4.02. The Balaban J connectivity index is 2.53.